The average molecular weight is 151 g/mol. The lowest BCUT2D eigenvalue weighted by molar-refractivity contribution is 0.112. The zero-order valence-corrected chi connectivity index (χ0v) is 6.23. The van der Waals surface area contributed by atoms with E-state index in [1.807, 2.05) is 0 Å². The predicted octanol–water partition coefficient (Wildman–Crippen LogP) is 1.33. The first-order valence-electron chi connectivity index (χ1n) is 2.70. The van der Waals surface area contributed by atoms with E-state index in [-0.39, 0.29) is 0 Å². The number of carbonyl (C=O) groups is 1. The van der Waals surface area contributed by atoms with Crippen LogP contribution < -0.4 is 0 Å². The molecule has 1 aromatic rings. The zero-order valence-electron chi connectivity index (χ0n) is 5.42. The number of hydrogen-bond acceptors (Lipinski definition) is 3. The molecule has 0 saturated carbocycles. The van der Waals surface area contributed by atoms with Crippen LogP contribution in [0, 0.1) is 11.8 Å². The molecule has 1 heterocycles. The van der Waals surface area contributed by atoms with E-state index in [1.165, 1.54) is 17.5 Å². The van der Waals surface area contributed by atoms with Crippen molar-refractivity contribution in [2.75, 3.05) is 0 Å². The molecule has 0 spiro atoms. The van der Waals surface area contributed by atoms with Crippen molar-refractivity contribution >= 4 is 17.6 Å². The topological polar surface area (TPSA) is 30.0 Å². The van der Waals surface area contributed by atoms with E-state index in [0.717, 1.165) is 6.29 Å². The Hall–Kier alpha value is -1.14. The molecule has 0 atom stereocenters. The minimum absolute atomic E-state index is 0.623. The van der Waals surface area contributed by atoms with Crippen LogP contribution in [0.4, 0.5) is 0 Å². The molecular weight excluding hydrogens is 146 g/mol. The predicted molar refractivity (Wildman–Crippen MR) is 40.1 cm³/mol. The number of hydrogen-bond donors (Lipinski definition) is 0. The molecule has 0 aliphatic rings. The van der Waals surface area contributed by atoms with E-state index < -0.39 is 0 Å². The lowest BCUT2D eigenvalue weighted by Gasteiger charge is -1.70. The number of nitrogens with zero attached hydrogens (tertiary/aromatic N) is 1. The molecule has 0 radical (unpaired) electrons. The second-order valence-corrected chi connectivity index (χ2v) is 2.62. The molecule has 10 heavy (non-hydrogen) atoms. The summed E-state index contributed by atoms with van der Waals surface area (Å²) >= 11 is 1.30. The molecule has 0 aliphatic heterocycles. The highest BCUT2D eigenvalue weighted by Crippen LogP contribution is 2.08. The van der Waals surface area contributed by atoms with Gasteiger partial charge in [0.2, 0.25) is 0 Å². The van der Waals surface area contributed by atoms with Gasteiger partial charge in [0.15, 0.2) is 11.3 Å². The molecule has 0 saturated heterocycles. The molecule has 0 unspecified atom stereocenters. The SMILES string of the molecule is CC#Cc1ncc(C=O)s1. The lowest BCUT2D eigenvalue weighted by atomic mass is 10.6. The van der Waals surface area contributed by atoms with Gasteiger partial charge in [-0.15, -0.1) is 11.3 Å². The third-order valence-electron chi connectivity index (χ3n) is 0.872. The van der Waals surface area contributed by atoms with Gasteiger partial charge in [0.05, 0.1) is 4.88 Å². The Bertz CT molecular complexity index is 292. The van der Waals surface area contributed by atoms with Crippen molar-refractivity contribution in [3.8, 4) is 11.8 Å². The number of aldehydes is 1. The lowest BCUT2D eigenvalue weighted by Crippen LogP contribution is -1.64. The minimum atomic E-state index is 0.623. The van der Waals surface area contributed by atoms with Gasteiger partial charge >= 0.3 is 0 Å². The summed E-state index contributed by atoms with van der Waals surface area (Å²) in [4.78, 5) is 14.7. The molecule has 2 nitrogen and oxygen atoms in total. The molecule has 0 N–H and O–H groups in total. The van der Waals surface area contributed by atoms with E-state index in [4.69, 9.17) is 0 Å². The largest absolute Gasteiger partial charge is 0.297 e. The fraction of sp³-hybridized carbons (Fsp3) is 0.143. The van der Waals surface area contributed by atoms with Crippen LogP contribution in [0.1, 0.15) is 21.6 Å². The number of thiazole rings is 1. The monoisotopic (exact) mass is 151 g/mol. The smallest absolute Gasteiger partial charge is 0.167 e. The van der Waals surface area contributed by atoms with Crippen LogP contribution in [0.5, 0.6) is 0 Å². The Balaban J connectivity index is 2.95. The third-order valence-corrected chi connectivity index (χ3v) is 1.71. The summed E-state index contributed by atoms with van der Waals surface area (Å²) < 4.78 is 0. The second kappa shape index (κ2) is 3.14. The van der Waals surface area contributed by atoms with Crippen molar-refractivity contribution in [2.45, 2.75) is 6.92 Å². The Kier molecular flexibility index (Phi) is 2.19. The first-order chi connectivity index (χ1) is 4.86. The van der Waals surface area contributed by atoms with E-state index in [1.54, 1.807) is 6.92 Å². The first-order valence-corrected chi connectivity index (χ1v) is 3.52. The molecule has 1 rings (SSSR count). The van der Waals surface area contributed by atoms with Crippen LogP contribution in [0.15, 0.2) is 6.20 Å². The minimum Gasteiger partial charge on any atom is -0.297 e. The molecule has 0 bridgehead atoms. The fourth-order valence-corrected chi connectivity index (χ4v) is 1.14. The maximum Gasteiger partial charge on any atom is 0.167 e. The van der Waals surface area contributed by atoms with Gasteiger partial charge in [0, 0.05) is 6.20 Å². The van der Waals surface area contributed by atoms with Crippen LogP contribution in [-0.4, -0.2) is 11.3 Å². The highest BCUT2D eigenvalue weighted by atomic mass is 32.1. The van der Waals surface area contributed by atoms with Crippen molar-refractivity contribution in [3.05, 3.63) is 16.1 Å². The highest BCUT2D eigenvalue weighted by molar-refractivity contribution is 7.13. The summed E-state index contributed by atoms with van der Waals surface area (Å²) in [6.07, 6.45) is 2.30. The third kappa shape index (κ3) is 1.42. The van der Waals surface area contributed by atoms with Crippen molar-refractivity contribution in [1.82, 2.24) is 4.98 Å². The van der Waals surface area contributed by atoms with Gasteiger partial charge in [0.1, 0.15) is 0 Å². The summed E-state index contributed by atoms with van der Waals surface area (Å²) in [7, 11) is 0. The Morgan fingerprint density at radius 1 is 1.80 bits per heavy atom. The van der Waals surface area contributed by atoms with E-state index in [2.05, 4.69) is 16.8 Å². The van der Waals surface area contributed by atoms with Crippen molar-refractivity contribution in [2.24, 2.45) is 0 Å². The molecule has 3 heteroatoms. The van der Waals surface area contributed by atoms with Crippen LogP contribution in [0.2, 0.25) is 0 Å². The Labute approximate surface area is 62.9 Å². The number of aromatic nitrogens is 1. The summed E-state index contributed by atoms with van der Waals surface area (Å²) in [6.45, 7) is 1.74. The molecule has 50 valence electrons. The molecule has 0 fully saturated rings. The highest BCUT2D eigenvalue weighted by Gasteiger charge is 1.94. The first kappa shape index (κ1) is 6.97. The number of carbonyl (C=O) groups excluding carboxylic acids is 1. The van der Waals surface area contributed by atoms with Crippen LogP contribution in [0.3, 0.4) is 0 Å². The zero-order chi connectivity index (χ0) is 7.40. The Morgan fingerprint density at radius 3 is 3.10 bits per heavy atom. The van der Waals surface area contributed by atoms with Crippen molar-refractivity contribution < 1.29 is 4.79 Å². The van der Waals surface area contributed by atoms with Gasteiger partial charge in [-0.05, 0) is 12.8 Å². The van der Waals surface area contributed by atoms with E-state index in [9.17, 15) is 4.79 Å². The maximum absolute atomic E-state index is 10.1. The van der Waals surface area contributed by atoms with Gasteiger partial charge in [0.25, 0.3) is 0 Å². The van der Waals surface area contributed by atoms with Gasteiger partial charge in [-0.3, -0.25) is 4.79 Å². The molecule has 0 aliphatic carbocycles. The number of rotatable bonds is 1. The second-order valence-electron chi connectivity index (χ2n) is 1.56. The molecule has 0 aromatic carbocycles. The van der Waals surface area contributed by atoms with Crippen LogP contribution in [0.25, 0.3) is 0 Å². The van der Waals surface area contributed by atoms with Gasteiger partial charge < -0.3 is 0 Å². The van der Waals surface area contributed by atoms with Gasteiger partial charge in [-0.1, -0.05) is 5.92 Å². The summed E-state index contributed by atoms with van der Waals surface area (Å²) in [5.41, 5.74) is 0. The van der Waals surface area contributed by atoms with Crippen LogP contribution in [-0.2, 0) is 0 Å². The Morgan fingerprint density at radius 2 is 2.60 bits per heavy atom. The maximum atomic E-state index is 10.1. The summed E-state index contributed by atoms with van der Waals surface area (Å²) in [6, 6.07) is 0. The van der Waals surface area contributed by atoms with Crippen molar-refractivity contribution in [1.29, 1.82) is 0 Å². The molecule has 1 aromatic heterocycles. The van der Waals surface area contributed by atoms with E-state index in [0.29, 0.717) is 9.88 Å². The molecule has 0 amide bonds. The fourth-order valence-electron chi connectivity index (χ4n) is 0.506. The quantitative estimate of drug-likeness (QED) is 0.447. The van der Waals surface area contributed by atoms with Gasteiger partial charge in [-0.25, -0.2) is 4.98 Å². The van der Waals surface area contributed by atoms with E-state index >= 15 is 0 Å². The van der Waals surface area contributed by atoms with Crippen LogP contribution >= 0.6 is 11.3 Å². The average Bonchev–Trinajstić information content (AvgIpc) is 2.37. The summed E-state index contributed by atoms with van der Waals surface area (Å²) in [5.74, 6) is 5.46. The van der Waals surface area contributed by atoms with Crippen molar-refractivity contribution in [3.63, 3.8) is 0 Å². The summed E-state index contributed by atoms with van der Waals surface area (Å²) in [5, 5.41) is 0.699. The normalized spacial score (nSPS) is 8.10. The standard InChI is InChI=1S/C7H5NOS/c1-2-3-7-8-4-6(5-9)10-7/h4-5H,1H3. The molecular formula is C7H5NOS. The van der Waals surface area contributed by atoms with Gasteiger partial charge in [-0.2, -0.15) is 0 Å².